The molecular formula is C11H14O5. The summed E-state index contributed by atoms with van der Waals surface area (Å²) in [6, 6.07) is 0. The van der Waals surface area contributed by atoms with E-state index in [9.17, 15) is 14.4 Å². The summed E-state index contributed by atoms with van der Waals surface area (Å²) in [6.45, 7) is 6.99. The minimum Gasteiger partial charge on any atom is -0.462 e. The Morgan fingerprint density at radius 2 is 1.88 bits per heavy atom. The molecule has 0 saturated carbocycles. The Labute approximate surface area is 93.4 Å². The summed E-state index contributed by atoms with van der Waals surface area (Å²) in [6.07, 6.45) is 0. The first-order chi connectivity index (χ1) is 7.29. The molecule has 5 heteroatoms. The molecule has 0 N–H and O–H groups in total. The summed E-state index contributed by atoms with van der Waals surface area (Å²) in [5, 5.41) is 0. The van der Waals surface area contributed by atoms with Gasteiger partial charge in [-0.15, -0.1) is 0 Å². The second-order valence-electron chi connectivity index (χ2n) is 4.39. The van der Waals surface area contributed by atoms with E-state index in [1.165, 1.54) is 0 Å². The lowest BCUT2D eigenvalue weighted by molar-refractivity contribution is -0.148. The van der Waals surface area contributed by atoms with E-state index in [2.05, 4.69) is 0 Å². The first kappa shape index (κ1) is 12.4. The standard InChI is InChI=1S/C11H14O5/c1-5-15-9(13)6-7(12)10(14)16-8(6)11(2,3)4/h5H2,1-4H3. The van der Waals surface area contributed by atoms with Crippen LogP contribution in [0.1, 0.15) is 27.7 Å². The number of ketones is 1. The van der Waals surface area contributed by atoms with Gasteiger partial charge < -0.3 is 9.47 Å². The van der Waals surface area contributed by atoms with Gasteiger partial charge in [-0.3, -0.25) is 4.79 Å². The quantitative estimate of drug-likeness (QED) is 0.398. The molecule has 88 valence electrons. The van der Waals surface area contributed by atoms with E-state index in [0.717, 1.165) is 0 Å². The van der Waals surface area contributed by atoms with Gasteiger partial charge in [0, 0.05) is 5.41 Å². The van der Waals surface area contributed by atoms with Crippen molar-refractivity contribution in [2.24, 2.45) is 5.41 Å². The van der Waals surface area contributed by atoms with Gasteiger partial charge in [0.2, 0.25) is 0 Å². The fourth-order valence-corrected chi connectivity index (χ4v) is 1.31. The van der Waals surface area contributed by atoms with Gasteiger partial charge in [-0.05, 0) is 6.92 Å². The highest BCUT2D eigenvalue weighted by atomic mass is 16.6. The van der Waals surface area contributed by atoms with Gasteiger partial charge >= 0.3 is 11.9 Å². The van der Waals surface area contributed by atoms with Gasteiger partial charge in [0.05, 0.1) is 6.61 Å². The molecule has 1 aliphatic rings. The molecule has 0 unspecified atom stereocenters. The fraction of sp³-hybridized carbons (Fsp3) is 0.545. The first-order valence-corrected chi connectivity index (χ1v) is 4.97. The van der Waals surface area contributed by atoms with Gasteiger partial charge in [-0.2, -0.15) is 0 Å². The molecule has 1 aliphatic heterocycles. The lowest BCUT2D eigenvalue weighted by atomic mass is 9.90. The van der Waals surface area contributed by atoms with Gasteiger partial charge in [-0.25, -0.2) is 9.59 Å². The number of Topliss-reactive ketones (excluding diaryl/α,β-unsaturated/α-hetero) is 1. The zero-order valence-corrected chi connectivity index (χ0v) is 9.75. The molecule has 1 heterocycles. The van der Waals surface area contributed by atoms with E-state index < -0.39 is 23.1 Å². The third-order valence-corrected chi connectivity index (χ3v) is 2.00. The van der Waals surface area contributed by atoms with E-state index in [-0.39, 0.29) is 17.9 Å². The summed E-state index contributed by atoms with van der Waals surface area (Å²) in [5.74, 6) is -2.67. The molecular weight excluding hydrogens is 212 g/mol. The van der Waals surface area contributed by atoms with Crippen LogP contribution in [0.25, 0.3) is 0 Å². The van der Waals surface area contributed by atoms with Crippen molar-refractivity contribution in [1.82, 2.24) is 0 Å². The lowest BCUT2D eigenvalue weighted by Gasteiger charge is -2.18. The Bertz CT molecular complexity index is 384. The van der Waals surface area contributed by atoms with E-state index in [4.69, 9.17) is 9.47 Å². The lowest BCUT2D eigenvalue weighted by Crippen LogP contribution is -2.19. The van der Waals surface area contributed by atoms with Gasteiger partial charge in [0.25, 0.3) is 5.78 Å². The summed E-state index contributed by atoms with van der Waals surface area (Å²) >= 11 is 0. The molecule has 0 radical (unpaired) electrons. The summed E-state index contributed by atoms with van der Waals surface area (Å²) in [5.41, 5.74) is -0.872. The van der Waals surface area contributed by atoms with Crippen molar-refractivity contribution in [3.8, 4) is 0 Å². The predicted molar refractivity (Wildman–Crippen MR) is 54.2 cm³/mol. The number of rotatable bonds is 2. The summed E-state index contributed by atoms with van der Waals surface area (Å²) in [4.78, 5) is 34.1. The third-order valence-electron chi connectivity index (χ3n) is 2.00. The van der Waals surface area contributed by atoms with Gasteiger partial charge in [0.15, 0.2) is 5.57 Å². The Balaban J connectivity index is 3.19. The molecule has 0 amide bonds. The van der Waals surface area contributed by atoms with Gasteiger partial charge in [0.1, 0.15) is 5.76 Å². The highest BCUT2D eigenvalue weighted by Crippen LogP contribution is 2.34. The van der Waals surface area contributed by atoms with E-state index in [1.54, 1.807) is 27.7 Å². The van der Waals surface area contributed by atoms with Crippen LogP contribution in [-0.2, 0) is 23.9 Å². The van der Waals surface area contributed by atoms with E-state index in [1.807, 2.05) is 0 Å². The maximum atomic E-state index is 11.5. The highest BCUT2D eigenvalue weighted by Gasteiger charge is 2.43. The molecule has 0 aliphatic carbocycles. The van der Waals surface area contributed by atoms with Crippen molar-refractivity contribution in [2.75, 3.05) is 6.61 Å². The van der Waals surface area contributed by atoms with Crippen molar-refractivity contribution in [2.45, 2.75) is 27.7 Å². The zero-order valence-electron chi connectivity index (χ0n) is 9.75. The number of carbonyl (C=O) groups is 3. The predicted octanol–water partition coefficient (Wildman–Crippen LogP) is 0.976. The first-order valence-electron chi connectivity index (χ1n) is 4.97. The third kappa shape index (κ3) is 2.13. The zero-order chi connectivity index (χ0) is 12.5. The Morgan fingerprint density at radius 3 is 2.31 bits per heavy atom. The SMILES string of the molecule is CCOC(=O)C1=C(C(C)(C)C)OC(=O)C1=O. The highest BCUT2D eigenvalue weighted by molar-refractivity contribution is 6.49. The second kappa shape index (κ2) is 4.08. The molecule has 1 rings (SSSR count). The number of esters is 2. The molecule has 0 aromatic carbocycles. The topological polar surface area (TPSA) is 69.7 Å². The van der Waals surface area contributed by atoms with E-state index >= 15 is 0 Å². The number of hydrogen-bond acceptors (Lipinski definition) is 5. The van der Waals surface area contributed by atoms with Crippen LogP contribution in [0.2, 0.25) is 0 Å². The minimum absolute atomic E-state index is 0.0842. The maximum Gasteiger partial charge on any atom is 0.385 e. The largest absolute Gasteiger partial charge is 0.462 e. The summed E-state index contributed by atoms with van der Waals surface area (Å²) in [7, 11) is 0. The van der Waals surface area contributed by atoms with Crippen molar-refractivity contribution in [3.05, 3.63) is 11.3 Å². The fourth-order valence-electron chi connectivity index (χ4n) is 1.31. The van der Waals surface area contributed by atoms with Crippen molar-refractivity contribution in [3.63, 3.8) is 0 Å². The molecule has 0 saturated heterocycles. The molecule has 5 nitrogen and oxygen atoms in total. The van der Waals surface area contributed by atoms with Crippen LogP contribution in [0.15, 0.2) is 11.3 Å². The monoisotopic (exact) mass is 226 g/mol. The number of carbonyl (C=O) groups excluding carboxylic acids is 3. The van der Waals surface area contributed by atoms with Gasteiger partial charge in [-0.1, -0.05) is 20.8 Å². The van der Waals surface area contributed by atoms with Crippen LogP contribution >= 0.6 is 0 Å². The van der Waals surface area contributed by atoms with Crippen LogP contribution in [0.3, 0.4) is 0 Å². The van der Waals surface area contributed by atoms with Crippen molar-refractivity contribution in [1.29, 1.82) is 0 Å². The number of cyclic esters (lactones) is 1. The smallest absolute Gasteiger partial charge is 0.385 e. The van der Waals surface area contributed by atoms with Crippen LogP contribution in [0.4, 0.5) is 0 Å². The molecule has 16 heavy (non-hydrogen) atoms. The van der Waals surface area contributed by atoms with Crippen LogP contribution in [0, 0.1) is 5.41 Å². The Hall–Kier alpha value is -1.65. The molecule has 0 atom stereocenters. The average Bonchev–Trinajstić information content (AvgIpc) is 2.43. The number of ether oxygens (including phenoxy) is 2. The minimum atomic E-state index is -1.02. The Kier molecular flexibility index (Phi) is 3.16. The molecule has 0 fully saturated rings. The van der Waals surface area contributed by atoms with E-state index in [0.29, 0.717) is 0 Å². The van der Waals surface area contributed by atoms with Crippen molar-refractivity contribution < 1.29 is 23.9 Å². The molecule has 0 spiro atoms. The van der Waals surface area contributed by atoms with Crippen LogP contribution in [0.5, 0.6) is 0 Å². The van der Waals surface area contributed by atoms with Crippen LogP contribution in [-0.4, -0.2) is 24.3 Å². The average molecular weight is 226 g/mol. The Morgan fingerprint density at radius 1 is 1.31 bits per heavy atom. The number of hydrogen-bond donors (Lipinski definition) is 0. The second-order valence-corrected chi connectivity index (χ2v) is 4.39. The molecule has 0 aromatic rings. The summed E-state index contributed by atoms with van der Waals surface area (Å²) < 4.78 is 9.53. The maximum absolute atomic E-state index is 11.5. The van der Waals surface area contributed by atoms with Crippen LogP contribution < -0.4 is 0 Å². The molecule has 0 aromatic heterocycles. The number of allylic oxidation sites excluding steroid dienone is 1. The normalized spacial score (nSPS) is 16.5. The molecule has 0 bridgehead atoms. The van der Waals surface area contributed by atoms with Crippen molar-refractivity contribution >= 4 is 17.7 Å².